The van der Waals surface area contributed by atoms with Gasteiger partial charge >= 0.3 is 0 Å². The van der Waals surface area contributed by atoms with Gasteiger partial charge in [-0.1, -0.05) is 30.0 Å². The van der Waals surface area contributed by atoms with Crippen LogP contribution in [-0.4, -0.2) is 38.7 Å². The number of benzene rings is 1. The molecule has 2 aromatic rings. The zero-order valence-corrected chi connectivity index (χ0v) is 14.3. The Bertz CT molecular complexity index is 803. The summed E-state index contributed by atoms with van der Waals surface area (Å²) in [5.74, 6) is -0.114. The van der Waals surface area contributed by atoms with Gasteiger partial charge in [0.15, 0.2) is 5.17 Å². The quantitative estimate of drug-likeness (QED) is 0.507. The molecule has 0 saturated heterocycles. The van der Waals surface area contributed by atoms with E-state index < -0.39 is 0 Å². The zero-order chi connectivity index (χ0) is 17.4. The Morgan fingerprint density at radius 2 is 1.62 bits per heavy atom. The highest BCUT2D eigenvalue weighted by molar-refractivity contribution is 8.13. The molecule has 0 saturated carbocycles. The number of amides is 2. The van der Waals surface area contributed by atoms with Gasteiger partial charge in [-0.15, -0.1) is 0 Å². The molecule has 1 aromatic heterocycles. The molecule has 0 unspecified atom stereocenters. The normalized spacial score (nSPS) is 13.5. The molecule has 124 valence electrons. The summed E-state index contributed by atoms with van der Waals surface area (Å²) in [6.45, 7) is 3.97. The Morgan fingerprint density at radius 1 is 1.08 bits per heavy atom. The van der Waals surface area contributed by atoms with E-state index >= 15 is 0 Å². The number of nitrogens with zero attached hydrogens (tertiary/aromatic N) is 2. The number of imide groups is 1. The molecule has 6 nitrogen and oxygen atoms in total. The van der Waals surface area contributed by atoms with Gasteiger partial charge in [0.05, 0.1) is 11.1 Å². The number of nitrogens with two attached hydrogens (primary N) is 1. The average Bonchev–Trinajstić information content (AvgIpc) is 2.95. The third-order valence-corrected chi connectivity index (χ3v) is 4.85. The molecular formula is C17H18N4O2S. The number of amidine groups is 1. The van der Waals surface area contributed by atoms with Gasteiger partial charge in [0.25, 0.3) is 11.8 Å². The van der Waals surface area contributed by atoms with Gasteiger partial charge in [0.1, 0.15) is 0 Å². The van der Waals surface area contributed by atoms with Gasteiger partial charge < -0.3 is 10.3 Å². The summed E-state index contributed by atoms with van der Waals surface area (Å²) in [4.78, 5) is 26.6. The first-order valence-electron chi connectivity index (χ1n) is 7.53. The first-order chi connectivity index (χ1) is 11.4. The van der Waals surface area contributed by atoms with Crippen molar-refractivity contribution in [2.75, 3.05) is 12.3 Å². The minimum Gasteiger partial charge on any atom is -0.379 e. The molecule has 0 radical (unpaired) electrons. The Balaban J connectivity index is 1.97. The van der Waals surface area contributed by atoms with Gasteiger partial charge in [-0.25, -0.2) is 0 Å². The summed E-state index contributed by atoms with van der Waals surface area (Å²) >= 11 is 1.12. The Morgan fingerprint density at radius 3 is 2.12 bits per heavy atom. The van der Waals surface area contributed by atoms with Gasteiger partial charge in [-0.3, -0.25) is 19.9 Å². The predicted molar refractivity (Wildman–Crippen MR) is 95.0 cm³/mol. The first kappa shape index (κ1) is 16.3. The van der Waals surface area contributed by atoms with Crippen molar-refractivity contribution in [1.82, 2.24) is 9.47 Å². The van der Waals surface area contributed by atoms with E-state index in [4.69, 9.17) is 11.1 Å². The molecule has 1 aliphatic heterocycles. The van der Waals surface area contributed by atoms with Gasteiger partial charge in [0.2, 0.25) is 0 Å². The van der Waals surface area contributed by atoms with Crippen molar-refractivity contribution >= 4 is 28.7 Å². The van der Waals surface area contributed by atoms with E-state index in [0.717, 1.165) is 28.8 Å². The number of hydrogen-bond donors (Lipinski definition) is 2. The Labute approximate surface area is 144 Å². The molecule has 0 spiro atoms. The highest BCUT2D eigenvalue weighted by atomic mass is 32.2. The van der Waals surface area contributed by atoms with Crippen molar-refractivity contribution in [2.24, 2.45) is 5.73 Å². The molecule has 3 rings (SSSR count). The van der Waals surface area contributed by atoms with E-state index in [1.54, 1.807) is 0 Å². The lowest BCUT2D eigenvalue weighted by atomic mass is 10.1. The van der Waals surface area contributed by atoms with Crippen molar-refractivity contribution in [2.45, 2.75) is 13.8 Å². The van der Waals surface area contributed by atoms with E-state index in [9.17, 15) is 9.59 Å². The molecule has 7 heteroatoms. The molecule has 0 aliphatic carbocycles. The molecule has 2 heterocycles. The van der Waals surface area contributed by atoms with E-state index in [1.807, 2.05) is 48.7 Å². The fourth-order valence-corrected chi connectivity index (χ4v) is 3.63. The van der Waals surface area contributed by atoms with Gasteiger partial charge in [-0.2, -0.15) is 0 Å². The topological polar surface area (TPSA) is 92.2 Å². The number of rotatable bonds is 4. The minimum atomic E-state index is -0.269. The van der Waals surface area contributed by atoms with Crippen LogP contribution >= 0.6 is 11.8 Å². The first-order valence-corrected chi connectivity index (χ1v) is 8.52. The number of aromatic nitrogens is 1. The summed E-state index contributed by atoms with van der Waals surface area (Å²) in [6, 6.07) is 9.68. The number of thioether (sulfide) groups is 1. The van der Waals surface area contributed by atoms with Gasteiger partial charge in [0, 0.05) is 29.4 Å². The summed E-state index contributed by atoms with van der Waals surface area (Å²) < 4.78 is 1.95. The molecule has 2 amide bonds. The molecular weight excluding hydrogens is 324 g/mol. The third kappa shape index (κ3) is 2.50. The van der Waals surface area contributed by atoms with Crippen LogP contribution in [0.25, 0.3) is 5.69 Å². The Kier molecular flexibility index (Phi) is 4.19. The average molecular weight is 342 g/mol. The summed E-state index contributed by atoms with van der Waals surface area (Å²) in [7, 11) is 0. The number of hydrogen-bond acceptors (Lipinski definition) is 4. The second kappa shape index (κ2) is 6.16. The second-order valence-electron chi connectivity index (χ2n) is 5.57. The van der Waals surface area contributed by atoms with Crippen LogP contribution in [0.1, 0.15) is 32.1 Å². The number of carbonyl (C=O) groups is 2. The van der Waals surface area contributed by atoms with Crippen molar-refractivity contribution in [1.29, 1.82) is 5.41 Å². The number of carbonyl (C=O) groups excluding carboxylic acids is 2. The third-order valence-electron chi connectivity index (χ3n) is 4.15. The predicted octanol–water partition coefficient (Wildman–Crippen LogP) is 2.32. The van der Waals surface area contributed by atoms with Crippen LogP contribution in [0.3, 0.4) is 0 Å². The monoisotopic (exact) mass is 342 g/mol. The summed E-state index contributed by atoms with van der Waals surface area (Å²) in [6.07, 6.45) is 0. The van der Waals surface area contributed by atoms with E-state index in [-0.39, 0.29) is 23.5 Å². The molecule has 0 bridgehead atoms. The van der Waals surface area contributed by atoms with E-state index in [0.29, 0.717) is 16.9 Å². The number of nitrogens with one attached hydrogen (secondary N) is 1. The van der Waals surface area contributed by atoms with Crippen molar-refractivity contribution < 1.29 is 9.59 Å². The van der Waals surface area contributed by atoms with Crippen molar-refractivity contribution in [3.8, 4) is 5.69 Å². The molecule has 0 fully saturated rings. The van der Waals surface area contributed by atoms with Crippen LogP contribution < -0.4 is 5.73 Å². The summed E-state index contributed by atoms with van der Waals surface area (Å²) in [5, 5.41) is 7.19. The molecule has 0 atom stereocenters. The molecule has 24 heavy (non-hydrogen) atoms. The highest BCUT2D eigenvalue weighted by Crippen LogP contribution is 2.33. The second-order valence-corrected chi connectivity index (χ2v) is 6.70. The maximum Gasteiger partial charge on any atom is 0.263 e. The fraction of sp³-hybridized carbons (Fsp3) is 0.235. The largest absolute Gasteiger partial charge is 0.379 e. The van der Waals surface area contributed by atoms with Crippen LogP contribution in [0, 0.1) is 19.3 Å². The van der Waals surface area contributed by atoms with Crippen LogP contribution in [0.15, 0.2) is 30.3 Å². The molecule has 1 aromatic carbocycles. The van der Waals surface area contributed by atoms with E-state index in [1.165, 1.54) is 4.90 Å². The fourth-order valence-electron chi connectivity index (χ4n) is 3.14. The van der Waals surface area contributed by atoms with Crippen LogP contribution in [-0.2, 0) is 0 Å². The smallest absolute Gasteiger partial charge is 0.263 e. The maximum atomic E-state index is 12.7. The van der Waals surface area contributed by atoms with Crippen molar-refractivity contribution in [3.05, 3.63) is 52.8 Å². The van der Waals surface area contributed by atoms with Crippen molar-refractivity contribution in [3.63, 3.8) is 0 Å². The summed E-state index contributed by atoms with van der Waals surface area (Å²) in [5.41, 5.74) is 8.73. The minimum absolute atomic E-state index is 0.0182. The number of fused-ring (bicyclic) bond motifs is 1. The highest BCUT2D eigenvalue weighted by Gasteiger charge is 2.41. The SMILES string of the molecule is Cc1c2c(c(C)n1-c1ccccc1)C(=O)N(CCSC(=N)N)C2=O. The lowest BCUT2D eigenvalue weighted by Crippen LogP contribution is -2.33. The number of para-hydroxylation sites is 1. The zero-order valence-electron chi connectivity index (χ0n) is 13.5. The molecule has 1 aliphatic rings. The van der Waals surface area contributed by atoms with Crippen LogP contribution in [0.2, 0.25) is 0 Å². The standard InChI is InChI=1S/C17H18N4O2S/c1-10-13-14(11(2)21(10)12-6-4-3-5-7-12)16(23)20(15(13)22)8-9-24-17(18)19/h3-7H,8-9H2,1-2H3,(H3,18,19). The van der Waals surface area contributed by atoms with Crippen LogP contribution in [0.5, 0.6) is 0 Å². The van der Waals surface area contributed by atoms with E-state index in [2.05, 4.69) is 0 Å². The van der Waals surface area contributed by atoms with Crippen LogP contribution in [0.4, 0.5) is 0 Å². The lowest BCUT2D eigenvalue weighted by molar-refractivity contribution is 0.0662. The maximum absolute atomic E-state index is 12.7. The molecule has 3 N–H and O–H groups in total. The van der Waals surface area contributed by atoms with Gasteiger partial charge in [-0.05, 0) is 26.0 Å². The lowest BCUT2D eigenvalue weighted by Gasteiger charge is -2.16. The Hall–Kier alpha value is -2.54.